The molecule has 114 valence electrons. The summed E-state index contributed by atoms with van der Waals surface area (Å²) in [5, 5.41) is 3.93. The highest BCUT2D eigenvalue weighted by Crippen LogP contribution is 2.30. The van der Waals surface area contributed by atoms with Crippen LogP contribution >= 0.6 is 0 Å². The minimum Gasteiger partial charge on any atom is -0.306 e. The van der Waals surface area contributed by atoms with Crippen LogP contribution in [0.2, 0.25) is 0 Å². The molecule has 0 aromatic heterocycles. The molecule has 0 saturated carbocycles. The molecule has 0 spiro atoms. The smallest absolute Gasteiger partial charge is 0.0295 e. The van der Waals surface area contributed by atoms with Crippen LogP contribution in [-0.4, -0.2) is 30.6 Å². The molecule has 1 aromatic rings. The van der Waals surface area contributed by atoms with Gasteiger partial charge in [0.1, 0.15) is 0 Å². The Balaban J connectivity index is 1.46. The van der Waals surface area contributed by atoms with Crippen LogP contribution in [0.25, 0.3) is 0 Å². The molecule has 2 unspecified atom stereocenters. The van der Waals surface area contributed by atoms with Crippen molar-refractivity contribution < 1.29 is 0 Å². The first kappa shape index (κ1) is 13.8. The molecule has 4 aliphatic rings. The second kappa shape index (κ2) is 5.73. The molecule has 3 saturated heterocycles. The van der Waals surface area contributed by atoms with E-state index in [1.807, 2.05) is 0 Å². The lowest BCUT2D eigenvalue weighted by atomic mass is 9.83. The topological polar surface area (TPSA) is 15.3 Å². The zero-order valence-corrected chi connectivity index (χ0v) is 13.3. The van der Waals surface area contributed by atoms with Crippen LogP contribution in [0.3, 0.4) is 0 Å². The van der Waals surface area contributed by atoms with Crippen LogP contribution in [-0.2, 0) is 12.8 Å². The van der Waals surface area contributed by atoms with Gasteiger partial charge in [0.05, 0.1) is 0 Å². The van der Waals surface area contributed by atoms with Gasteiger partial charge in [-0.25, -0.2) is 0 Å². The summed E-state index contributed by atoms with van der Waals surface area (Å²) < 4.78 is 0. The van der Waals surface area contributed by atoms with E-state index in [0.717, 1.165) is 5.92 Å². The monoisotopic (exact) mass is 284 g/mol. The van der Waals surface area contributed by atoms with Crippen molar-refractivity contribution in [2.45, 2.75) is 57.5 Å². The summed E-state index contributed by atoms with van der Waals surface area (Å²) in [6, 6.07) is 8.43. The minimum atomic E-state index is 0.489. The van der Waals surface area contributed by atoms with Crippen molar-refractivity contribution in [3.8, 4) is 0 Å². The molecule has 5 rings (SSSR count). The molecular weight excluding hydrogens is 256 g/mol. The quantitative estimate of drug-likeness (QED) is 0.916. The first-order valence-corrected chi connectivity index (χ1v) is 8.90. The third-order valence-corrected chi connectivity index (χ3v) is 5.99. The van der Waals surface area contributed by atoms with E-state index >= 15 is 0 Å². The minimum absolute atomic E-state index is 0.489. The molecule has 3 aliphatic heterocycles. The summed E-state index contributed by atoms with van der Waals surface area (Å²) in [6.07, 6.45) is 8.12. The normalized spacial score (nSPS) is 32.7. The van der Waals surface area contributed by atoms with Crippen molar-refractivity contribution >= 4 is 0 Å². The van der Waals surface area contributed by atoms with Gasteiger partial charge >= 0.3 is 0 Å². The number of nitrogens with one attached hydrogen (secondary N) is 1. The molecule has 3 heterocycles. The van der Waals surface area contributed by atoms with Crippen LogP contribution in [0.15, 0.2) is 18.2 Å². The molecule has 2 bridgehead atoms. The van der Waals surface area contributed by atoms with Gasteiger partial charge in [-0.3, -0.25) is 0 Å². The lowest BCUT2D eigenvalue weighted by Gasteiger charge is -2.46. The number of fused-ring (bicyclic) bond motifs is 4. The average molecular weight is 284 g/mol. The van der Waals surface area contributed by atoms with Gasteiger partial charge in [0, 0.05) is 18.6 Å². The van der Waals surface area contributed by atoms with E-state index in [0.29, 0.717) is 12.1 Å². The zero-order chi connectivity index (χ0) is 14.2. The third kappa shape index (κ3) is 2.76. The largest absolute Gasteiger partial charge is 0.306 e. The van der Waals surface area contributed by atoms with Gasteiger partial charge in [-0.15, -0.1) is 0 Å². The summed E-state index contributed by atoms with van der Waals surface area (Å²) in [5.41, 5.74) is 4.70. The van der Waals surface area contributed by atoms with Gasteiger partial charge in [0.15, 0.2) is 0 Å². The van der Waals surface area contributed by atoms with E-state index in [9.17, 15) is 0 Å². The molecule has 0 radical (unpaired) electrons. The molecular formula is C19H28N2. The summed E-state index contributed by atoms with van der Waals surface area (Å²) in [7, 11) is 0. The number of piperidine rings is 3. The Labute approximate surface area is 128 Å². The number of hydrogen-bond acceptors (Lipinski definition) is 2. The Kier molecular flexibility index (Phi) is 3.76. The lowest BCUT2D eigenvalue weighted by Crippen LogP contribution is -2.56. The van der Waals surface area contributed by atoms with E-state index in [1.165, 1.54) is 63.7 Å². The number of nitrogens with zero attached hydrogens (tertiary/aromatic N) is 1. The number of aryl methyl sites for hydroxylation is 2. The fraction of sp³-hybridized carbons (Fsp3) is 0.684. The summed E-state index contributed by atoms with van der Waals surface area (Å²) in [5.74, 6) is 0.912. The number of benzene rings is 1. The number of hydrogen-bond donors (Lipinski definition) is 1. The maximum Gasteiger partial charge on any atom is 0.0295 e. The predicted molar refractivity (Wildman–Crippen MR) is 87.6 cm³/mol. The number of rotatable bonds is 3. The summed E-state index contributed by atoms with van der Waals surface area (Å²) in [4.78, 5) is 2.64. The Morgan fingerprint density at radius 1 is 1.10 bits per heavy atom. The maximum absolute atomic E-state index is 3.93. The van der Waals surface area contributed by atoms with Crippen molar-refractivity contribution in [3.63, 3.8) is 0 Å². The van der Waals surface area contributed by atoms with Gasteiger partial charge in [-0.05, 0) is 81.1 Å². The average Bonchev–Trinajstić information content (AvgIpc) is 2.55. The summed E-state index contributed by atoms with van der Waals surface area (Å²) in [6.45, 7) is 6.27. The highest BCUT2D eigenvalue weighted by molar-refractivity contribution is 5.35. The molecule has 1 N–H and O–H groups in total. The van der Waals surface area contributed by atoms with Crippen molar-refractivity contribution in [2.75, 3.05) is 19.6 Å². The fourth-order valence-electron chi connectivity index (χ4n) is 4.59. The van der Waals surface area contributed by atoms with Crippen molar-refractivity contribution in [2.24, 2.45) is 5.92 Å². The molecule has 2 atom stereocenters. The van der Waals surface area contributed by atoms with Gasteiger partial charge in [-0.2, -0.15) is 0 Å². The highest BCUT2D eigenvalue weighted by Gasteiger charge is 2.34. The van der Waals surface area contributed by atoms with Crippen molar-refractivity contribution in [3.05, 3.63) is 34.9 Å². The standard InChI is InChI=1S/C19H28N2/c1-14(20-19-13-21-10-8-16(19)9-11-21)17-7-6-15-4-2-3-5-18(15)12-17/h6-7,12,14,16,19-20H,2-5,8-11,13H2,1H3. The molecule has 21 heavy (non-hydrogen) atoms. The Hall–Kier alpha value is -0.860. The first-order chi connectivity index (χ1) is 10.3. The molecule has 1 aromatic carbocycles. The predicted octanol–water partition coefficient (Wildman–Crippen LogP) is 3.31. The van der Waals surface area contributed by atoms with Crippen LogP contribution in [0.4, 0.5) is 0 Å². The van der Waals surface area contributed by atoms with Gasteiger partial charge in [-0.1, -0.05) is 18.2 Å². The van der Waals surface area contributed by atoms with Crippen molar-refractivity contribution in [1.82, 2.24) is 10.2 Å². The Morgan fingerprint density at radius 3 is 2.57 bits per heavy atom. The Morgan fingerprint density at radius 2 is 1.86 bits per heavy atom. The zero-order valence-electron chi connectivity index (χ0n) is 13.3. The lowest BCUT2D eigenvalue weighted by molar-refractivity contribution is 0.0680. The SMILES string of the molecule is CC(NC1CN2CCC1CC2)c1ccc2c(c1)CCCC2. The van der Waals surface area contributed by atoms with E-state index in [-0.39, 0.29) is 0 Å². The molecule has 1 aliphatic carbocycles. The first-order valence-electron chi connectivity index (χ1n) is 8.90. The molecule has 2 nitrogen and oxygen atoms in total. The Bertz CT molecular complexity index is 502. The fourth-order valence-corrected chi connectivity index (χ4v) is 4.59. The van der Waals surface area contributed by atoms with E-state index < -0.39 is 0 Å². The van der Waals surface area contributed by atoms with Crippen molar-refractivity contribution in [1.29, 1.82) is 0 Å². The van der Waals surface area contributed by atoms with Crippen LogP contribution in [0, 0.1) is 5.92 Å². The van der Waals surface area contributed by atoms with Gasteiger partial charge in [0.25, 0.3) is 0 Å². The van der Waals surface area contributed by atoms with E-state index in [4.69, 9.17) is 0 Å². The maximum atomic E-state index is 3.93. The highest BCUT2D eigenvalue weighted by atomic mass is 15.2. The second-order valence-corrected chi connectivity index (χ2v) is 7.37. The third-order valence-electron chi connectivity index (χ3n) is 5.99. The van der Waals surface area contributed by atoms with Crippen LogP contribution in [0.5, 0.6) is 0 Å². The van der Waals surface area contributed by atoms with Crippen LogP contribution < -0.4 is 5.32 Å². The van der Waals surface area contributed by atoms with E-state index in [1.54, 1.807) is 11.1 Å². The second-order valence-electron chi connectivity index (χ2n) is 7.37. The molecule has 3 fully saturated rings. The summed E-state index contributed by atoms with van der Waals surface area (Å²) >= 11 is 0. The van der Waals surface area contributed by atoms with Crippen LogP contribution in [0.1, 0.15) is 55.3 Å². The van der Waals surface area contributed by atoms with Gasteiger partial charge < -0.3 is 10.2 Å². The molecule has 0 amide bonds. The van der Waals surface area contributed by atoms with E-state index in [2.05, 4.69) is 35.3 Å². The molecule has 2 heteroatoms. The van der Waals surface area contributed by atoms with Gasteiger partial charge in [0.2, 0.25) is 0 Å².